The maximum atomic E-state index is 12.5. The van der Waals surface area contributed by atoms with Crippen LogP contribution in [0.4, 0.5) is 0 Å². The van der Waals surface area contributed by atoms with Gasteiger partial charge in [-0.15, -0.1) is 0 Å². The average Bonchev–Trinajstić information content (AvgIpc) is 2.85. The van der Waals surface area contributed by atoms with E-state index in [0.29, 0.717) is 23.4 Å². The molecule has 0 saturated heterocycles. The minimum atomic E-state index is -0.0676. The van der Waals surface area contributed by atoms with Crippen LogP contribution in [0.2, 0.25) is 5.02 Å². The van der Waals surface area contributed by atoms with Crippen LogP contribution in [-0.2, 0) is 12.8 Å². The van der Waals surface area contributed by atoms with Gasteiger partial charge >= 0.3 is 0 Å². The lowest BCUT2D eigenvalue weighted by Gasteiger charge is -2.11. The number of para-hydroxylation sites is 1. The number of aryl methyl sites for hydroxylation is 1. The Labute approximate surface area is 136 Å². The Morgan fingerprint density at radius 1 is 1.27 bits per heavy atom. The summed E-state index contributed by atoms with van der Waals surface area (Å²) < 4.78 is 1.80. The molecule has 0 saturated carbocycles. The van der Waals surface area contributed by atoms with Crippen LogP contribution in [0.15, 0.2) is 24.3 Å². The zero-order chi connectivity index (χ0) is 16.3. The molecule has 2 rings (SSSR count). The van der Waals surface area contributed by atoms with Crippen molar-refractivity contribution in [2.45, 2.75) is 46.6 Å². The number of carbonyl (C=O) groups excluding carboxylic acids is 1. The summed E-state index contributed by atoms with van der Waals surface area (Å²) in [6.45, 7) is 7.93. The van der Waals surface area contributed by atoms with Gasteiger partial charge in [0, 0.05) is 6.04 Å². The number of benzene rings is 1. The van der Waals surface area contributed by atoms with E-state index in [1.165, 1.54) is 0 Å². The summed E-state index contributed by atoms with van der Waals surface area (Å²) in [4.78, 5) is 12.5. The maximum absolute atomic E-state index is 12.5. The highest BCUT2D eigenvalue weighted by molar-refractivity contribution is 6.32. The standard InChI is InChI=1S/C17H22ClN3O/c1-5-13-16(17(22)19-11(3)4)14(6-2)21(20-13)15-10-8-7-9-12(15)18/h7-11H,5-6H2,1-4H3,(H,19,22). The van der Waals surface area contributed by atoms with E-state index in [2.05, 4.69) is 10.4 Å². The van der Waals surface area contributed by atoms with Crippen molar-refractivity contribution in [2.24, 2.45) is 0 Å². The molecule has 0 aliphatic heterocycles. The molecule has 4 nitrogen and oxygen atoms in total. The molecule has 2 aromatic rings. The Hall–Kier alpha value is -1.81. The molecular weight excluding hydrogens is 298 g/mol. The fourth-order valence-electron chi connectivity index (χ4n) is 2.50. The van der Waals surface area contributed by atoms with Gasteiger partial charge in [-0.3, -0.25) is 4.79 Å². The highest BCUT2D eigenvalue weighted by atomic mass is 35.5. The molecule has 0 unspecified atom stereocenters. The number of carbonyl (C=O) groups is 1. The molecule has 118 valence electrons. The van der Waals surface area contributed by atoms with Gasteiger partial charge in [0.25, 0.3) is 5.91 Å². The number of nitrogens with zero attached hydrogens (tertiary/aromatic N) is 2. The largest absolute Gasteiger partial charge is 0.350 e. The zero-order valence-corrected chi connectivity index (χ0v) is 14.2. The number of amides is 1. The Morgan fingerprint density at radius 3 is 2.50 bits per heavy atom. The quantitative estimate of drug-likeness (QED) is 0.911. The topological polar surface area (TPSA) is 46.9 Å². The molecule has 1 N–H and O–H groups in total. The van der Waals surface area contributed by atoms with Gasteiger partial charge in [-0.05, 0) is 38.8 Å². The molecule has 0 atom stereocenters. The van der Waals surface area contributed by atoms with Crippen LogP contribution < -0.4 is 5.32 Å². The zero-order valence-electron chi connectivity index (χ0n) is 13.5. The van der Waals surface area contributed by atoms with Crippen molar-refractivity contribution in [2.75, 3.05) is 0 Å². The second-order valence-electron chi connectivity index (χ2n) is 5.47. The highest BCUT2D eigenvalue weighted by Gasteiger charge is 2.23. The van der Waals surface area contributed by atoms with Crippen LogP contribution in [0.3, 0.4) is 0 Å². The van der Waals surface area contributed by atoms with E-state index in [0.717, 1.165) is 17.1 Å². The fourth-order valence-corrected chi connectivity index (χ4v) is 2.71. The van der Waals surface area contributed by atoms with E-state index in [9.17, 15) is 4.79 Å². The summed E-state index contributed by atoms with van der Waals surface area (Å²) in [5.41, 5.74) is 3.18. The summed E-state index contributed by atoms with van der Waals surface area (Å²) in [5.74, 6) is -0.0676. The Morgan fingerprint density at radius 2 is 1.95 bits per heavy atom. The lowest BCUT2D eigenvalue weighted by molar-refractivity contribution is 0.0941. The molecule has 0 spiro atoms. The Kier molecular flexibility index (Phi) is 5.24. The molecule has 0 aliphatic rings. The fraction of sp³-hybridized carbons (Fsp3) is 0.412. The number of hydrogen-bond acceptors (Lipinski definition) is 2. The molecule has 1 aromatic carbocycles. The lowest BCUT2D eigenvalue weighted by Crippen LogP contribution is -2.31. The van der Waals surface area contributed by atoms with Crippen molar-refractivity contribution in [3.05, 3.63) is 46.2 Å². The third-order valence-electron chi connectivity index (χ3n) is 3.45. The summed E-state index contributed by atoms with van der Waals surface area (Å²) >= 11 is 6.30. The minimum absolute atomic E-state index is 0.0676. The van der Waals surface area contributed by atoms with E-state index in [1.54, 1.807) is 4.68 Å². The second kappa shape index (κ2) is 6.97. The first-order chi connectivity index (χ1) is 10.5. The minimum Gasteiger partial charge on any atom is -0.350 e. The number of aromatic nitrogens is 2. The van der Waals surface area contributed by atoms with Crippen molar-refractivity contribution in [3.8, 4) is 5.69 Å². The van der Waals surface area contributed by atoms with Gasteiger partial charge in [-0.2, -0.15) is 5.10 Å². The molecule has 1 heterocycles. The van der Waals surface area contributed by atoms with Gasteiger partial charge in [-0.1, -0.05) is 37.6 Å². The molecular formula is C17H22ClN3O. The third-order valence-corrected chi connectivity index (χ3v) is 3.77. The molecule has 5 heteroatoms. The van der Waals surface area contributed by atoms with Gasteiger partial charge in [-0.25, -0.2) is 4.68 Å². The Bertz CT molecular complexity index is 677. The van der Waals surface area contributed by atoms with Crippen LogP contribution in [-0.4, -0.2) is 21.7 Å². The van der Waals surface area contributed by atoms with Crippen LogP contribution >= 0.6 is 11.6 Å². The first kappa shape index (κ1) is 16.6. The molecule has 0 fully saturated rings. The molecule has 0 aliphatic carbocycles. The summed E-state index contributed by atoms with van der Waals surface area (Å²) in [6.07, 6.45) is 1.41. The van der Waals surface area contributed by atoms with Crippen molar-refractivity contribution in [1.29, 1.82) is 0 Å². The van der Waals surface area contributed by atoms with Crippen LogP contribution in [0, 0.1) is 0 Å². The predicted molar refractivity (Wildman–Crippen MR) is 89.9 cm³/mol. The normalized spacial score (nSPS) is 11.0. The number of halogens is 1. The van der Waals surface area contributed by atoms with Crippen molar-refractivity contribution >= 4 is 17.5 Å². The summed E-state index contributed by atoms with van der Waals surface area (Å²) in [6, 6.07) is 7.64. The maximum Gasteiger partial charge on any atom is 0.255 e. The average molecular weight is 320 g/mol. The van der Waals surface area contributed by atoms with Crippen molar-refractivity contribution < 1.29 is 4.79 Å². The number of nitrogens with one attached hydrogen (secondary N) is 1. The van der Waals surface area contributed by atoms with Gasteiger partial charge in [0.2, 0.25) is 0 Å². The van der Waals surface area contributed by atoms with E-state index < -0.39 is 0 Å². The summed E-state index contributed by atoms with van der Waals surface area (Å²) in [7, 11) is 0. The van der Waals surface area contributed by atoms with Gasteiger partial charge in [0.05, 0.1) is 27.7 Å². The van der Waals surface area contributed by atoms with Gasteiger partial charge in [0.15, 0.2) is 0 Å². The first-order valence-electron chi connectivity index (χ1n) is 7.66. The third kappa shape index (κ3) is 3.17. The molecule has 0 radical (unpaired) electrons. The lowest BCUT2D eigenvalue weighted by atomic mass is 10.1. The first-order valence-corrected chi connectivity index (χ1v) is 8.03. The van der Waals surface area contributed by atoms with E-state index in [-0.39, 0.29) is 11.9 Å². The second-order valence-corrected chi connectivity index (χ2v) is 5.87. The smallest absolute Gasteiger partial charge is 0.255 e. The monoisotopic (exact) mass is 319 g/mol. The van der Waals surface area contributed by atoms with Crippen molar-refractivity contribution in [3.63, 3.8) is 0 Å². The van der Waals surface area contributed by atoms with E-state index >= 15 is 0 Å². The van der Waals surface area contributed by atoms with Crippen LogP contribution in [0.5, 0.6) is 0 Å². The SMILES string of the molecule is CCc1nn(-c2ccccc2Cl)c(CC)c1C(=O)NC(C)C. The van der Waals surface area contributed by atoms with Gasteiger partial charge in [0.1, 0.15) is 0 Å². The highest BCUT2D eigenvalue weighted by Crippen LogP contribution is 2.25. The van der Waals surface area contributed by atoms with E-state index in [1.807, 2.05) is 52.0 Å². The van der Waals surface area contributed by atoms with Crippen LogP contribution in [0.25, 0.3) is 5.69 Å². The van der Waals surface area contributed by atoms with Gasteiger partial charge < -0.3 is 5.32 Å². The van der Waals surface area contributed by atoms with E-state index in [4.69, 9.17) is 11.6 Å². The molecule has 1 aromatic heterocycles. The number of rotatable bonds is 5. The Balaban J connectivity index is 2.61. The molecule has 22 heavy (non-hydrogen) atoms. The predicted octanol–water partition coefficient (Wildman–Crippen LogP) is 3.79. The molecule has 1 amide bonds. The van der Waals surface area contributed by atoms with Crippen molar-refractivity contribution in [1.82, 2.24) is 15.1 Å². The summed E-state index contributed by atoms with van der Waals surface area (Å²) in [5, 5.41) is 8.22. The number of hydrogen-bond donors (Lipinski definition) is 1. The van der Waals surface area contributed by atoms with Crippen LogP contribution in [0.1, 0.15) is 49.4 Å². The molecule has 0 bridgehead atoms.